The van der Waals surface area contributed by atoms with Crippen molar-refractivity contribution in [2.75, 3.05) is 13.2 Å². The fourth-order valence-electron chi connectivity index (χ4n) is 1.30. The number of rotatable bonds is 5. The van der Waals surface area contributed by atoms with Gasteiger partial charge in [-0.25, -0.2) is 13.1 Å². The van der Waals surface area contributed by atoms with Gasteiger partial charge >= 0.3 is 0 Å². The molecule has 0 radical (unpaired) electrons. The normalized spacial score (nSPS) is 14.7. The molecule has 96 valence electrons. The number of hydrogen-bond donors (Lipinski definition) is 1. The Balaban J connectivity index is 1.67. The molecule has 18 heavy (non-hydrogen) atoms. The zero-order chi connectivity index (χ0) is 12.8. The first-order valence-corrected chi connectivity index (χ1v) is 7.20. The maximum atomic E-state index is 11.4. The molecule has 1 aromatic rings. The molecule has 1 heterocycles. The molecule has 1 aliphatic rings. The van der Waals surface area contributed by atoms with Crippen molar-refractivity contribution in [1.82, 2.24) is 9.71 Å². The Morgan fingerprint density at radius 2 is 2.28 bits per heavy atom. The number of nitrogens with zero attached hydrogens (tertiary/aromatic N) is 1. The highest BCUT2D eigenvalue weighted by molar-refractivity contribution is 7.90. The highest BCUT2D eigenvalue weighted by atomic mass is 32.2. The van der Waals surface area contributed by atoms with Gasteiger partial charge in [-0.2, -0.15) is 0 Å². The third-order valence-corrected chi connectivity index (χ3v) is 4.29. The van der Waals surface area contributed by atoms with Crippen molar-refractivity contribution < 1.29 is 13.2 Å². The van der Waals surface area contributed by atoms with E-state index in [9.17, 15) is 8.42 Å². The van der Waals surface area contributed by atoms with Crippen LogP contribution in [-0.4, -0.2) is 31.8 Å². The van der Waals surface area contributed by atoms with Crippen LogP contribution in [-0.2, 0) is 10.0 Å². The molecule has 1 N–H and O–H groups in total. The number of aromatic nitrogens is 1. The molecule has 1 fully saturated rings. The van der Waals surface area contributed by atoms with Crippen molar-refractivity contribution in [2.45, 2.75) is 18.1 Å². The van der Waals surface area contributed by atoms with Crippen molar-refractivity contribution in [1.29, 1.82) is 0 Å². The van der Waals surface area contributed by atoms with Gasteiger partial charge in [-0.15, -0.1) is 0 Å². The molecule has 0 unspecified atom stereocenters. The Morgan fingerprint density at radius 1 is 1.44 bits per heavy atom. The third-order valence-electron chi connectivity index (χ3n) is 2.40. The van der Waals surface area contributed by atoms with Crippen LogP contribution in [0.4, 0.5) is 0 Å². The molecule has 0 spiro atoms. The van der Waals surface area contributed by atoms with E-state index in [1.54, 1.807) is 24.5 Å². The summed E-state index contributed by atoms with van der Waals surface area (Å²) < 4.78 is 30.6. The maximum Gasteiger partial charge on any atom is 0.215 e. The largest absolute Gasteiger partial charge is 0.479 e. The molecule has 0 bridgehead atoms. The minimum atomic E-state index is -3.13. The molecule has 1 aliphatic carbocycles. The van der Waals surface area contributed by atoms with E-state index in [0.717, 1.165) is 12.8 Å². The Bertz CT molecular complexity index is 542. The summed E-state index contributed by atoms with van der Waals surface area (Å²) in [4.78, 5) is 3.89. The van der Waals surface area contributed by atoms with Gasteiger partial charge in [-0.3, -0.25) is 4.98 Å². The Labute approximate surface area is 107 Å². The smallest absolute Gasteiger partial charge is 0.215 e. The van der Waals surface area contributed by atoms with E-state index >= 15 is 0 Å². The number of hydrogen-bond acceptors (Lipinski definition) is 4. The maximum absolute atomic E-state index is 11.4. The Kier molecular flexibility index (Phi) is 4.18. The van der Waals surface area contributed by atoms with E-state index in [0.29, 0.717) is 5.75 Å². The van der Waals surface area contributed by atoms with E-state index in [4.69, 9.17) is 4.74 Å². The zero-order valence-electron chi connectivity index (χ0n) is 9.80. The third kappa shape index (κ3) is 4.02. The van der Waals surface area contributed by atoms with Crippen molar-refractivity contribution in [3.05, 3.63) is 24.5 Å². The molecule has 6 heteroatoms. The van der Waals surface area contributed by atoms with Crippen molar-refractivity contribution >= 4 is 10.0 Å². The molecule has 0 saturated heterocycles. The van der Waals surface area contributed by atoms with Crippen molar-refractivity contribution in [2.24, 2.45) is 0 Å². The fraction of sp³-hybridized carbons (Fsp3) is 0.417. The van der Waals surface area contributed by atoms with Gasteiger partial charge in [0.2, 0.25) is 10.0 Å². The SMILES string of the molecule is O=S(=O)(NCC#CCOc1cccnc1)C1CC1. The predicted octanol–water partition coefficient (Wildman–Crippen LogP) is 0.546. The lowest BCUT2D eigenvalue weighted by Gasteiger charge is -2.00. The summed E-state index contributed by atoms with van der Waals surface area (Å²) in [6.07, 6.45) is 4.77. The van der Waals surface area contributed by atoms with E-state index < -0.39 is 10.0 Å². The zero-order valence-corrected chi connectivity index (χ0v) is 10.6. The second-order valence-corrected chi connectivity index (χ2v) is 5.94. The van der Waals surface area contributed by atoms with Gasteiger partial charge in [0.25, 0.3) is 0 Å². The summed E-state index contributed by atoms with van der Waals surface area (Å²) in [5.41, 5.74) is 0. The summed E-state index contributed by atoms with van der Waals surface area (Å²) in [5.74, 6) is 6.09. The molecule has 0 amide bonds. The molecule has 1 aromatic heterocycles. The molecule has 5 nitrogen and oxygen atoms in total. The molecule has 1 saturated carbocycles. The molecule has 0 atom stereocenters. The molecular formula is C12H14N2O3S. The van der Waals surface area contributed by atoms with E-state index in [2.05, 4.69) is 21.5 Å². The molecule has 0 aliphatic heterocycles. The average molecular weight is 266 g/mol. The quantitative estimate of drug-likeness (QED) is 0.790. The van der Waals surface area contributed by atoms with Gasteiger partial charge in [0.15, 0.2) is 0 Å². The minimum Gasteiger partial charge on any atom is -0.479 e. The first-order valence-electron chi connectivity index (χ1n) is 5.65. The van der Waals surface area contributed by atoms with Crippen LogP contribution in [0.3, 0.4) is 0 Å². The van der Waals surface area contributed by atoms with Crippen LogP contribution in [0.2, 0.25) is 0 Å². The number of ether oxygens (including phenoxy) is 1. The lowest BCUT2D eigenvalue weighted by molar-refractivity contribution is 0.368. The van der Waals surface area contributed by atoms with Gasteiger partial charge in [-0.1, -0.05) is 11.8 Å². The topological polar surface area (TPSA) is 68.3 Å². The first-order chi connectivity index (χ1) is 8.68. The van der Waals surface area contributed by atoms with Crippen molar-refractivity contribution in [3.8, 4) is 17.6 Å². The predicted molar refractivity (Wildman–Crippen MR) is 67.5 cm³/mol. The summed E-state index contributed by atoms with van der Waals surface area (Å²) in [6.45, 7) is 0.353. The van der Waals surface area contributed by atoms with Crippen LogP contribution in [0.15, 0.2) is 24.5 Å². The Morgan fingerprint density at radius 3 is 2.94 bits per heavy atom. The highest BCUT2D eigenvalue weighted by Gasteiger charge is 2.34. The van der Waals surface area contributed by atoms with E-state index in [1.807, 2.05) is 0 Å². The van der Waals surface area contributed by atoms with Crippen LogP contribution in [0.25, 0.3) is 0 Å². The van der Waals surface area contributed by atoms with Crippen LogP contribution in [0.5, 0.6) is 5.75 Å². The van der Waals surface area contributed by atoms with Crippen LogP contribution >= 0.6 is 0 Å². The highest BCUT2D eigenvalue weighted by Crippen LogP contribution is 2.26. The Hall–Kier alpha value is -1.58. The summed E-state index contributed by atoms with van der Waals surface area (Å²) in [7, 11) is -3.13. The summed E-state index contributed by atoms with van der Waals surface area (Å²) in [6, 6.07) is 3.55. The lowest BCUT2D eigenvalue weighted by atomic mass is 10.5. The summed E-state index contributed by atoms with van der Waals surface area (Å²) >= 11 is 0. The van der Waals surface area contributed by atoms with Gasteiger partial charge < -0.3 is 4.74 Å². The minimum absolute atomic E-state index is 0.134. The van der Waals surface area contributed by atoms with E-state index in [-0.39, 0.29) is 18.4 Å². The average Bonchev–Trinajstić information content (AvgIpc) is 3.19. The molecule has 0 aromatic carbocycles. The van der Waals surface area contributed by atoms with Crippen LogP contribution in [0.1, 0.15) is 12.8 Å². The van der Waals surface area contributed by atoms with Gasteiger partial charge in [0.05, 0.1) is 18.0 Å². The number of nitrogens with one attached hydrogen (secondary N) is 1. The van der Waals surface area contributed by atoms with Gasteiger partial charge in [0, 0.05) is 6.20 Å². The second-order valence-electron chi connectivity index (χ2n) is 3.90. The second kappa shape index (κ2) is 5.85. The van der Waals surface area contributed by atoms with E-state index in [1.165, 1.54) is 0 Å². The number of pyridine rings is 1. The van der Waals surface area contributed by atoms with Gasteiger partial charge in [0.1, 0.15) is 12.4 Å². The summed E-state index contributed by atoms with van der Waals surface area (Å²) in [5, 5.41) is -0.203. The van der Waals surface area contributed by atoms with Crippen LogP contribution in [0, 0.1) is 11.8 Å². The van der Waals surface area contributed by atoms with Crippen molar-refractivity contribution in [3.63, 3.8) is 0 Å². The fourth-order valence-corrected chi connectivity index (χ4v) is 2.56. The lowest BCUT2D eigenvalue weighted by Crippen LogP contribution is -2.27. The monoisotopic (exact) mass is 266 g/mol. The standard InChI is InChI=1S/C12H14N2O3S/c15-18(16,12-5-6-12)14-8-1-2-9-17-11-4-3-7-13-10-11/h3-4,7,10,12,14H,5-6,8-9H2. The molecular weight excluding hydrogens is 252 g/mol. The number of sulfonamides is 1. The first kappa shape index (κ1) is 12.9. The molecule has 2 rings (SSSR count). The van der Waals surface area contributed by atoms with Crippen LogP contribution < -0.4 is 9.46 Å². The van der Waals surface area contributed by atoms with Gasteiger partial charge in [-0.05, 0) is 25.0 Å².